The Kier molecular flexibility index (Phi) is 2.57. The van der Waals surface area contributed by atoms with Gasteiger partial charge in [-0.1, -0.05) is 0 Å². The number of aromatic nitrogens is 1. The van der Waals surface area contributed by atoms with E-state index in [0.717, 1.165) is 12.8 Å². The summed E-state index contributed by atoms with van der Waals surface area (Å²) >= 11 is 0. The maximum absolute atomic E-state index is 11.4. The predicted octanol–water partition coefficient (Wildman–Crippen LogP) is 2.37. The molecular weight excluding hydrogens is 178 g/mol. The molecule has 0 amide bonds. The zero-order valence-electron chi connectivity index (χ0n) is 8.45. The van der Waals surface area contributed by atoms with Crippen LogP contribution in [0.25, 0.3) is 0 Å². The first-order valence-electron chi connectivity index (χ1n) is 5.18. The van der Waals surface area contributed by atoms with Crippen LogP contribution in [0.4, 0.5) is 4.79 Å². The Hall–Kier alpha value is -1.25. The van der Waals surface area contributed by atoms with Gasteiger partial charge in [0.25, 0.3) is 0 Å². The zero-order valence-corrected chi connectivity index (χ0v) is 8.45. The Morgan fingerprint density at radius 2 is 1.93 bits per heavy atom. The molecule has 0 aromatic carbocycles. The first-order valence-corrected chi connectivity index (χ1v) is 5.18. The third-order valence-electron chi connectivity index (χ3n) is 2.62. The molecule has 14 heavy (non-hydrogen) atoms. The first kappa shape index (κ1) is 9.31. The fourth-order valence-corrected chi connectivity index (χ4v) is 1.92. The van der Waals surface area contributed by atoms with Gasteiger partial charge in [-0.25, -0.2) is 4.79 Å². The van der Waals surface area contributed by atoms with Crippen LogP contribution in [0.2, 0.25) is 0 Å². The lowest BCUT2D eigenvalue weighted by Gasteiger charge is -2.08. The summed E-state index contributed by atoms with van der Waals surface area (Å²) in [7, 11) is 0. The fourth-order valence-electron chi connectivity index (χ4n) is 1.92. The minimum absolute atomic E-state index is 0.262. The van der Waals surface area contributed by atoms with E-state index in [1.165, 1.54) is 24.0 Å². The second-order valence-electron chi connectivity index (χ2n) is 3.62. The van der Waals surface area contributed by atoms with Gasteiger partial charge in [0.1, 0.15) is 0 Å². The molecule has 1 aromatic heterocycles. The Bertz CT molecular complexity index is 318. The van der Waals surface area contributed by atoms with Gasteiger partial charge in [0, 0.05) is 12.4 Å². The highest BCUT2D eigenvalue weighted by Crippen LogP contribution is 2.21. The third kappa shape index (κ3) is 1.67. The fraction of sp³-hybridized carbons (Fsp3) is 0.545. The van der Waals surface area contributed by atoms with Crippen molar-refractivity contribution in [3.8, 4) is 0 Å². The van der Waals surface area contributed by atoms with E-state index in [9.17, 15) is 4.79 Å². The average molecular weight is 193 g/mol. The number of aryl methyl sites for hydroxylation is 2. The van der Waals surface area contributed by atoms with Crippen LogP contribution in [-0.4, -0.2) is 17.3 Å². The summed E-state index contributed by atoms with van der Waals surface area (Å²) < 4.78 is 6.50. The molecule has 1 aliphatic rings. The van der Waals surface area contributed by atoms with Crippen molar-refractivity contribution in [1.29, 1.82) is 0 Å². The lowest BCUT2D eigenvalue weighted by molar-refractivity contribution is 0.154. The van der Waals surface area contributed by atoms with Crippen LogP contribution < -0.4 is 0 Å². The minimum atomic E-state index is -0.262. The van der Waals surface area contributed by atoms with Crippen molar-refractivity contribution in [1.82, 2.24) is 4.57 Å². The molecule has 0 aliphatic heterocycles. The molecule has 0 bridgehead atoms. The number of nitrogens with zero attached hydrogens (tertiary/aromatic N) is 1. The second-order valence-corrected chi connectivity index (χ2v) is 3.62. The largest absolute Gasteiger partial charge is 0.449 e. The smallest absolute Gasteiger partial charge is 0.417 e. The molecule has 0 radical (unpaired) electrons. The summed E-state index contributed by atoms with van der Waals surface area (Å²) in [5, 5.41) is 0. The predicted molar refractivity (Wildman–Crippen MR) is 53.5 cm³/mol. The standard InChI is InChI=1S/C11H15NO2/c1-2-14-11(13)12-7-9-5-3-4-6-10(9)8-12/h7-8H,2-6H2,1H3. The van der Waals surface area contributed by atoms with Gasteiger partial charge in [0.2, 0.25) is 0 Å². The van der Waals surface area contributed by atoms with Crippen LogP contribution in [0, 0.1) is 0 Å². The molecule has 1 heterocycles. The maximum Gasteiger partial charge on any atom is 0.417 e. The number of fused-ring (bicyclic) bond motifs is 1. The van der Waals surface area contributed by atoms with E-state index in [-0.39, 0.29) is 6.09 Å². The molecule has 0 saturated heterocycles. The van der Waals surface area contributed by atoms with Crippen molar-refractivity contribution in [2.75, 3.05) is 6.61 Å². The van der Waals surface area contributed by atoms with Gasteiger partial charge in [-0.15, -0.1) is 0 Å². The van der Waals surface area contributed by atoms with Gasteiger partial charge >= 0.3 is 6.09 Å². The molecule has 1 aromatic rings. The van der Waals surface area contributed by atoms with E-state index in [1.54, 1.807) is 4.57 Å². The highest BCUT2D eigenvalue weighted by molar-refractivity contribution is 5.71. The van der Waals surface area contributed by atoms with Crippen LogP contribution in [-0.2, 0) is 17.6 Å². The van der Waals surface area contributed by atoms with E-state index in [4.69, 9.17) is 4.74 Å². The van der Waals surface area contributed by atoms with E-state index < -0.39 is 0 Å². The van der Waals surface area contributed by atoms with Gasteiger partial charge in [-0.05, 0) is 43.7 Å². The minimum Gasteiger partial charge on any atom is -0.449 e. The number of carbonyl (C=O) groups is 1. The number of carbonyl (C=O) groups excluding carboxylic acids is 1. The molecular formula is C11H15NO2. The highest BCUT2D eigenvalue weighted by atomic mass is 16.5. The molecule has 1 aliphatic carbocycles. The van der Waals surface area contributed by atoms with Crippen LogP contribution in [0.3, 0.4) is 0 Å². The molecule has 3 heteroatoms. The van der Waals surface area contributed by atoms with Crippen molar-refractivity contribution >= 4 is 6.09 Å². The van der Waals surface area contributed by atoms with Crippen LogP contribution in [0.1, 0.15) is 30.9 Å². The second kappa shape index (κ2) is 3.86. The SMILES string of the molecule is CCOC(=O)n1cc2c(c1)CCCC2. The molecule has 76 valence electrons. The van der Waals surface area contributed by atoms with Crippen molar-refractivity contribution < 1.29 is 9.53 Å². The number of hydrogen-bond acceptors (Lipinski definition) is 2. The maximum atomic E-state index is 11.4. The molecule has 2 rings (SSSR count). The molecule has 0 saturated carbocycles. The highest BCUT2D eigenvalue weighted by Gasteiger charge is 2.14. The van der Waals surface area contributed by atoms with Crippen LogP contribution >= 0.6 is 0 Å². The van der Waals surface area contributed by atoms with Crippen molar-refractivity contribution in [3.05, 3.63) is 23.5 Å². The Morgan fingerprint density at radius 3 is 2.43 bits per heavy atom. The molecule has 0 N–H and O–H groups in total. The molecule has 0 fully saturated rings. The molecule has 0 spiro atoms. The lowest BCUT2D eigenvalue weighted by atomic mass is 9.96. The Morgan fingerprint density at radius 1 is 1.36 bits per heavy atom. The normalized spacial score (nSPS) is 14.9. The van der Waals surface area contributed by atoms with Gasteiger partial charge < -0.3 is 4.74 Å². The molecule has 0 unspecified atom stereocenters. The zero-order chi connectivity index (χ0) is 9.97. The molecule has 0 atom stereocenters. The van der Waals surface area contributed by atoms with Crippen molar-refractivity contribution in [2.24, 2.45) is 0 Å². The summed E-state index contributed by atoms with van der Waals surface area (Å²) in [4.78, 5) is 11.4. The van der Waals surface area contributed by atoms with E-state index >= 15 is 0 Å². The summed E-state index contributed by atoms with van der Waals surface area (Å²) in [5.41, 5.74) is 2.62. The summed E-state index contributed by atoms with van der Waals surface area (Å²) in [6.45, 7) is 2.25. The monoisotopic (exact) mass is 193 g/mol. The topological polar surface area (TPSA) is 31.2 Å². The van der Waals surface area contributed by atoms with Gasteiger partial charge in [0.05, 0.1) is 6.61 Å². The van der Waals surface area contributed by atoms with Gasteiger partial charge in [-0.2, -0.15) is 0 Å². The lowest BCUT2D eigenvalue weighted by Crippen LogP contribution is -2.11. The van der Waals surface area contributed by atoms with Gasteiger partial charge in [-0.3, -0.25) is 4.57 Å². The quantitative estimate of drug-likeness (QED) is 0.685. The Labute approximate surface area is 83.7 Å². The van der Waals surface area contributed by atoms with E-state index in [1.807, 2.05) is 19.3 Å². The number of hydrogen-bond donors (Lipinski definition) is 0. The third-order valence-corrected chi connectivity index (χ3v) is 2.62. The summed E-state index contributed by atoms with van der Waals surface area (Å²) in [6, 6.07) is 0. The van der Waals surface area contributed by atoms with Crippen LogP contribution in [0.5, 0.6) is 0 Å². The summed E-state index contributed by atoms with van der Waals surface area (Å²) in [5.74, 6) is 0. The average Bonchev–Trinajstić information content (AvgIpc) is 2.61. The van der Waals surface area contributed by atoms with Crippen molar-refractivity contribution in [2.45, 2.75) is 32.6 Å². The van der Waals surface area contributed by atoms with E-state index in [2.05, 4.69) is 0 Å². The summed E-state index contributed by atoms with van der Waals surface area (Å²) in [6.07, 6.45) is 8.23. The number of rotatable bonds is 1. The van der Waals surface area contributed by atoms with Crippen molar-refractivity contribution in [3.63, 3.8) is 0 Å². The number of ether oxygens (including phenoxy) is 1. The molecule has 3 nitrogen and oxygen atoms in total. The van der Waals surface area contributed by atoms with Crippen LogP contribution in [0.15, 0.2) is 12.4 Å². The van der Waals surface area contributed by atoms with E-state index in [0.29, 0.717) is 6.61 Å². The van der Waals surface area contributed by atoms with Gasteiger partial charge in [0.15, 0.2) is 0 Å². The Balaban J connectivity index is 2.19. The first-order chi connectivity index (χ1) is 6.81.